The van der Waals surface area contributed by atoms with Crippen molar-refractivity contribution in [2.75, 3.05) is 0 Å². The molecule has 2 heterocycles. The molecule has 1 N–H and O–H groups in total. The van der Waals surface area contributed by atoms with Gasteiger partial charge in [0.25, 0.3) is 0 Å². The minimum atomic E-state index is -0.889. The number of fused-ring (bicyclic) bond motifs is 1. The van der Waals surface area contributed by atoms with E-state index in [1.807, 2.05) is 12.3 Å². The number of nitrogens with zero attached hydrogens (tertiary/aromatic N) is 2. The first-order valence-electron chi connectivity index (χ1n) is 9.73. The van der Waals surface area contributed by atoms with Gasteiger partial charge in [0, 0.05) is 36.3 Å². The summed E-state index contributed by atoms with van der Waals surface area (Å²) in [6, 6.07) is 8.26. The monoisotopic (exact) mass is 362 g/mol. The second kappa shape index (κ2) is 6.84. The normalized spacial score (nSPS) is 14.2. The van der Waals surface area contributed by atoms with Crippen molar-refractivity contribution < 1.29 is 9.90 Å². The van der Waals surface area contributed by atoms with Crippen LogP contribution in [0.15, 0.2) is 36.7 Å². The Balaban J connectivity index is 1.67. The van der Waals surface area contributed by atoms with Crippen LogP contribution >= 0.6 is 0 Å². The van der Waals surface area contributed by atoms with Crippen LogP contribution in [0.3, 0.4) is 0 Å². The first-order chi connectivity index (χ1) is 12.9. The highest BCUT2D eigenvalue weighted by Gasteiger charge is 2.25. The number of carboxylic acid groups (broad SMARTS) is 1. The standard InChI is InChI=1S/C23H26N2O2/c1-14(2)12-25-13-15(3)19-8-16(4-7-22(19)25)9-21-20(23(26)27)10-18(11-24-21)17-5-6-17/h4,7-8,10-11,13-14,17H,5-6,9,12H2,1-3H3,(H,26,27). The first-order valence-corrected chi connectivity index (χ1v) is 9.73. The summed E-state index contributed by atoms with van der Waals surface area (Å²) in [5.74, 6) is 0.205. The highest BCUT2D eigenvalue weighted by atomic mass is 16.4. The van der Waals surface area contributed by atoms with Gasteiger partial charge < -0.3 is 9.67 Å². The van der Waals surface area contributed by atoms with E-state index in [0.717, 1.165) is 30.5 Å². The number of rotatable bonds is 6. The Hall–Kier alpha value is -2.62. The summed E-state index contributed by atoms with van der Waals surface area (Å²) in [7, 11) is 0. The highest BCUT2D eigenvalue weighted by molar-refractivity contribution is 5.89. The van der Waals surface area contributed by atoms with Crippen molar-refractivity contribution in [2.45, 2.75) is 52.5 Å². The molecule has 0 amide bonds. The van der Waals surface area contributed by atoms with E-state index in [0.29, 0.717) is 29.5 Å². The third-order valence-electron chi connectivity index (χ3n) is 5.35. The van der Waals surface area contributed by atoms with Gasteiger partial charge in [0.1, 0.15) is 0 Å². The molecular formula is C23H26N2O2. The second-order valence-electron chi connectivity index (χ2n) is 8.23. The van der Waals surface area contributed by atoms with Crippen LogP contribution in [0.1, 0.15) is 65.3 Å². The van der Waals surface area contributed by atoms with Crippen molar-refractivity contribution in [3.8, 4) is 0 Å². The maximum Gasteiger partial charge on any atom is 0.337 e. The van der Waals surface area contributed by atoms with Crippen molar-refractivity contribution in [3.05, 3.63) is 64.6 Å². The van der Waals surface area contributed by atoms with E-state index in [2.05, 4.69) is 54.7 Å². The molecule has 1 saturated carbocycles. The van der Waals surface area contributed by atoms with Gasteiger partial charge in [-0.15, -0.1) is 0 Å². The van der Waals surface area contributed by atoms with Crippen LogP contribution < -0.4 is 0 Å². The number of hydrogen-bond acceptors (Lipinski definition) is 2. The Kier molecular flexibility index (Phi) is 4.50. The molecular weight excluding hydrogens is 336 g/mol. The lowest BCUT2D eigenvalue weighted by Crippen LogP contribution is -2.07. The molecule has 0 saturated heterocycles. The molecule has 4 heteroatoms. The van der Waals surface area contributed by atoms with Gasteiger partial charge in [-0.25, -0.2) is 4.79 Å². The molecule has 2 aromatic heterocycles. The Labute approximate surface area is 159 Å². The summed E-state index contributed by atoms with van der Waals surface area (Å²) in [4.78, 5) is 16.3. The van der Waals surface area contributed by atoms with Crippen LogP contribution in [0.2, 0.25) is 0 Å². The summed E-state index contributed by atoms with van der Waals surface area (Å²) >= 11 is 0. The molecule has 4 nitrogen and oxygen atoms in total. The molecule has 0 radical (unpaired) electrons. The lowest BCUT2D eigenvalue weighted by molar-refractivity contribution is 0.0695. The van der Waals surface area contributed by atoms with Crippen LogP contribution in [0.4, 0.5) is 0 Å². The van der Waals surface area contributed by atoms with Crippen molar-refractivity contribution in [2.24, 2.45) is 5.92 Å². The first kappa shape index (κ1) is 17.8. The van der Waals surface area contributed by atoms with Gasteiger partial charge in [-0.3, -0.25) is 4.98 Å². The van der Waals surface area contributed by atoms with E-state index in [9.17, 15) is 9.90 Å². The van der Waals surface area contributed by atoms with Gasteiger partial charge in [-0.1, -0.05) is 19.9 Å². The SMILES string of the molecule is Cc1cn(CC(C)C)c2ccc(Cc3ncc(C4CC4)cc3C(=O)O)cc12. The highest BCUT2D eigenvalue weighted by Crippen LogP contribution is 2.40. The summed E-state index contributed by atoms with van der Waals surface area (Å²) < 4.78 is 2.31. The van der Waals surface area contributed by atoms with E-state index in [4.69, 9.17) is 0 Å². The molecule has 0 aliphatic heterocycles. The van der Waals surface area contributed by atoms with Crippen LogP contribution in [0.25, 0.3) is 10.9 Å². The third kappa shape index (κ3) is 3.61. The largest absolute Gasteiger partial charge is 0.478 e. The fourth-order valence-electron chi connectivity index (χ4n) is 3.85. The van der Waals surface area contributed by atoms with Gasteiger partial charge in [0.15, 0.2) is 0 Å². The zero-order chi connectivity index (χ0) is 19.1. The zero-order valence-electron chi connectivity index (χ0n) is 16.2. The van der Waals surface area contributed by atoms with Crippen LogP contribution in [-0.2, 0) is 13.0 Å². The molecule has 27 heavy (non-hydrogen) atoms. The van der Waals surface area contributed by atoms with E-state index in [1.165, 1.54) is 16.5 Å². The van der Waals surface area contributed by atoms with E-state index in [-0.39, 0.29) is 0 Å². The minimum absolute atomic E-state index is 0.341. The lowest BCUT2D eigenvalue weighted by Gasteiger charge is -2.10. The predicted molar refractivity (Wildman–Crippen MR) is 107 cm³/mol. The van der Waals surface area contributed by atoms with Crippen molar-refractivity contribution in [1.82, 2.24) is 9.55 Å². The van der Waals surface area contributed by atoms with Gasteiger partial charge in [-0.2, -0.15) is 0 Å². The van der Waals surface area contributed by atoms with Gasteiger partial charge >= 0.3 is 5.97 Å². The Morgan fingerprint density at radius 2 is 2.07 bits per heavy atom. The molecule has 1 fully saturated rings. The van der Waals surface area contributed by atoms with Gasteiger partial charge in [0.2, 0.25) is 0 Å². The number of aryl methyl sites for hydroxylation is 1. The van der Waals surface area contributed by atoms with Crippen LogP contribution in [0.5, 0.6) is 0 Å². The van der Waals surface area contributed by atoms with Crippen molar-refractivity contribution >= 4 is 16.9 Å². The summed E-state index contributed by atoms with van der Waals surface area (Å²) in [5.41, 5.74) is 5.64. The van der Waals surface area contributed by atoms with E-state index >= 15 is 0 Å². The summed E-state index contributed by atoms with van der Waals surface area (Å²) in [5, 5.41) is 10.9. The van der Waals surface area contributed by atoms with Crippen LogP contribution in [0, 0.1) is 12.8 Å². The number of pyridine rings is 1. The molecule has 4 rings (SSSR count). The molecule has 1 aliphatic carbocycles. The molecule has 140 valence electrons. The predicted octanol–water partition coefficient (Wildman–Crippen LogP) is 5.17. The maximum absolute atomic E-state index is 11.7. The fraction of sp³-hybridized carbons (Fsp3) is 0.391. The molecule has 0 atom stereocenters. The zero-order valence-corrected chi connectivity index (χ0v) is 16.2. The number of benzene rings is 1. The summed E-state index contributed by atoms with van der Waals surface area (Å²) in [6.45, 7) is 7.57. The molecule has 0 unspecified atom stereocenters. The average Bonchev–Trinajstić information content (AvgIpc) is 3.41. The van der Waals surface area contributed by atoms with Gasteiger partial charge in [-0.05, 0) is 66.5 Å². The minimum Gasteiger partial charge on any atom is -0.478 e. The third-order valence-corrected chi connectivity index (χ3v) is 5.35. The van der Waals surface area contributed by atoms with Crippen LogP contribution in [-0.4, -0.2) is 20.6 Å². The quantitative estimate of drug-likeness (QED) is 0.658. The fourth-order valence-corrected chi connectivity index (χ4v) is 3.85. The number of carbonyl (C=O) groups is 1. The Bertz CT molecular complexity index is 1010. The maximum atomic E-state index is 11.7. The van der Waals surface area contributed by atoms with Crippen molar-refractivity contribution in [3.63, 3.8) is 0 Å². The van der Waals surface area contributed by atoms with E-state index in [1.54, 1.807) is 0 Å². The molecule has 1 aliphatic rings. The van der Waals surface area contributed by atoms with E-state index < -0.39 is 5.97 Å². The number of hydrogen-bond donors (Lipinski definition) is 1. The number of aromatic nitrogens is 2. The smallest absolute Gasteiger partial charge is 0.337 e. The topological polar surface area (TPSA) is 55.1 Å². The molecule has 3 aromatic rings. The molecule has 0 bridgehead atoms. The average molecular weight is 362 g/mol. The Morgan fingerprint density at radius 1 is 1.30 bits per heavy atom. The number of aromatic carboxylic acids is 1. The lowest BCUT2D eigenvalue weighted by atomic mass is 10.0. The molecule has 0 spiro atoms. The van der Waals surface area contributed by atoms with Gasteiger partial charge in [0.05, 0.1) is 11.3 Å². The number of carboxylic acids is 1. The molecule has 1 aromatic carbocycles. The second-order valence-corrected chi connectivity index (χ2v) is 8.23. The Morgan fingerprint density at radius 3 is 2.74 bits per heavy atom. The van der Waals surface area contributed by atoms with Crippen molar-refractivity contribution in [1.29, 1.82) is 0 Å². The summed E-state index contributed by atoms with van der Waals surface area (Å²) in [6.07, 6.45) is 6.90.